The lowest BCUT2D eigenvalue weighted by molar-refractivity contribution is -0.116. The number of hydrogen-bond donors (Lipinski definition) is 1. The van der Waals surface area contributed by atoms with E-state index in [9.17, 15) is 4.79 Å². The fourth-order valence-electron chi connectivity index (χ4n) is 3.08. The van der Waals surface area contributed by atoms with Crippen LogP contribution >= 0.6 is 0 Å². The highest BCUT2D eigenvalue weighted by Gasteiger charge is 2.19. The molecule has 3 rings (SSSR count). The molecular formula is C22H24N2O4. The summed E-state index contributed by atoms with van der Waals surface area (Å²) in [6.45, 7) is 0. The summed E-state index contributed by atoms with van der Waals surface area (Å²) in [5, 5.41) is 2.94. The molecule has 0 aliphatic rings. The summed E-state index contributed by atoms with van der Waals surface area (Å²) in [7, 11) is 4.78. The minimum atomic E-state index is -0.158. The summed E-state index contributed by atoms with van der Waals surface area (Å²) in [5.41, 5.74) is 1.59. The van der Waals surface area contributed by atoms with Gasteiger partial charge in [0.1, 0.15) is 17.2 Å². The Morgan fingerprint density at radius 2 is 1.64 bits per heavy atom. The highest BCUT2D eigenvalue weighted by Crippen LogP contribution is 2.30. The van der Waals surface area contributed by atoms with Crippen molar-refractivity contribution in [3.8, 4) is 17.2 Å². The largest absolute Gasteiger partial charge is 0.497 e. The molecule has 0 aliphatic heterocycles. The summed E-state index contributed by atoms with van der Waals surface area (Å²) in [6, 6.07) is 16.8. The molecule has 6 nitrogen and oxygen atoms in total. The van der Waals surface area contributed by atoms with Gasteiger partial charge < -0.3 is 24.1 Å². The fourth-order valence-corrected chi connectivity index (χ4v) is 3.08. The van der Waals surface area contributed by atoms with Crippen LogP contribution in [0.1, 0.15) is 18.0 Å². The third kappa shape index (κ3) is 4.46. The first-order valence-electron chi connectivity index (χ1n) is 8.93. The Labute approximate surface area is 164 Å². The Hall–Kier alpha value is -3.41. The number of nitrogens with one attached hydrogen (secondary N) is 1. The molecule has 0 spiro atoms. The van der Waals surface area contributed by atoms with Crippen molar-refractivity contribution in [3.05, 3.63) is 72.6 Å². The van der Waals surface area contributed by atoms with Crippen LogP contribution in [-0.4, -0.2) is 31.8 Å². The van der Waals surface area contributed by atoms with Gasteiger partial charge in [0.15, 0.2) is 0 Å². The zero-order chi connectivity index (χ0) is 19.9. The summed E-state index contributed by atoms with van der Waals surface area (Å²) in [6.07, 6.45) is 4.16. The second-order valence-corrected chi connectivity index (χ2v) is 6.24. The van der Waals surface area contributed by atoms with Crippen molar-refractivity contribution in [1.82, 2.24) is 4.57 Å². The lowest BCUT2D eigenvalue weighted by Crippen LogP contribution is -2.20. The Kier molecular flexibility index (Phi) is 6.22. The predicted octanol–water partition coefficient (Wildman–Crippen LogP) is 4.13. The quantitative estimate of drug-likeness (QED) is 0.638. The molecule has 0 saturated heterocycles. The number of rotatable bonds is 8. The molecule has 6 heteroatoms. The molecular weight excluding hydrogens is 356 g/mol. The van der Waals surface area contributed by atoms with Crippen LogP contribution in [0, 0.1) is 0 Å². The number of carbonyl (C=O) groups excluding carboxylic acids is 1. The van der Waals surface area contributed by atoms with Gasteiger partial charge in [-0.05, 0) is 42.0 Å². The van der Waals surface area contributed by atoms with Crippen LogP contribution in [0.3, 0.4) is 0 Å². The van der Waals surface area contributed by atoms with Crippen LogP contribution < -0.4 is 19.5 Å². The predicted molar refractivity (Wildman–Crippen MR) is 108 cm³/mol. The zero-order valence-corrected chi connectivity index (χ0v) is 16.2. The number of ether oxygens (including phenoxy) is 3. The molecule has 1 N–H and O–H groups in total. The number of amides is 1. The van der Waals surface area contributed by atoms with Gasteiger partial charge in [-0.2, -0.15) is 0 Å². The minimum Gasteiger partial charge on any atom is -0.497 e. The molecule has 28 heavy (non-hydrogen) atoms. The highest BCUT2D eigenvalue weighted by atomic mass is 16.5. The van der Waals surface area contributed by atoms with Crippen LogP contribution in [0.5, 0.6) is 17.2 Å². The van der Waals surface area contributed by atoms with Crippen LogP contribution in [-0.2, 0) is 4.79 Å². The second-order valence-electron chi connectivity index (χ2n) is 6.24. The zero-order valence-electron chi connectivity index (χ0n) is 16.2. The van der Waals surface area contributed by atoms with Gasteiger partial charge in [0.25, 0.3) is 0 Å². The first kappa shape index (κ1) is 19.4. The lowest BCUT2D eigenvalue weighted by Gasteiger charge is -2.20. The van der Waals surface area contributed by atoms with Crippen molar-refractivity contribution in [1.29, 1.82) is 0 Å². The second kappa shape index (κ2) is 8.99. The highest BCUT2D eigenvalue weighted by molar-refractivity contribution is 5.93. The van der Waals surface area contributed by atoms with E-state index in [-0.39, 0.29) is 18.4 Å². The smallest absolute Gasteiger partial charge is 0.226 e. The van der Waals surface area contributed by atoms with Gasteiger partial charge in [-0.25, -0.2) is 0 Å². The summed E-state index contributed by atoms with van der Waals surface area (Å²) >= 11 is 0. The van der Waals surface area contributed by atoms with E-state index in [0.717, 1.165) is 11.3 Å². The number of benzene rings is 2. The number of aromatic nitrogens is 1. The molecule has 1 aromatic heterocycles. The molecule has 1 amide bonds. The van der Waals surface area contributed by atoms with E-state index in [1.165, 1.54) is 0 Å². The molecule has 1 atom stereocenters. The molecule has 146 valence electrons. The molecule has 1 heterocycles. The standard InChI is InChI=1S/C22H24N2O4/c1-26-17-8-6-7-16(13-17)20(24-11-4-5-12-24)15-22(25)23-19-10-9-18(27-2)14-21(19)28-3/h4-14,20H,15H2,1-3H3,(H,23,25). The monoisotopic (exact) mass is 380 g/mol. The van der Waals surface area contributed by atoms with Gasteiger partial charge >= 0.3 is 0 Å². The maximum atomic E-state index is 12.8. The maximum Gasteiger partial charge on any atom is 0.226 e. The number of methoxy groups -OCH3 is 3. The van der Waals surface area contributed by atoms with E-state index < -0.39 is 0 Å². The van der Waals surface area contributed by atoms with E-state index in [1.807, 2.05) is 53.4 Å². The molecule has 0 bridgehead atoms. The number of hydrogen-bond acceptors (Lipinski definition) is 4. The van der Waals surface area contributed by atoms with Gasteiger partial charge in [-0.1, -0.05) is 12.1 Å². The Bertz CT molecular complexity index is 922. The SMILES string of the molecule is COc1cccc(C(CC(=O)Nc2ccc(OC)cc2OC)n2cccc2)c1. The van der Waals surface area contributed by atoms with Crippen molar-refractivity contribution >= 4 is 11.6 Å². The van der Waals surface area contributed by atoms with Crippen molar-refractivity contribution in [2.24, 2.45) is 0 Å². The molecule has 0 aliphatic carbocycles. The van der Waals surface area contributed by atoms with E-state index in [2.05, 4.69) is 5.32 Å². The van der Waals surface area contributed by atoms with Crippen molar-refractivity contribution in [2.75, 3.05) is 26.6 Å². The average Bonchev–Trinajstić information content (AvgIpc) is 3.27. The van der Waals surface area contributed by atoms with E-state index in [4.69, 9.17) is 14.2 Å². The van der Waals surface area contributed by atoms with Crippen LogP contribution in [0.25, 0.3) is 0 Å². The van der Waals surface area contributed by atoms with E-state index >= 15 is 0 Å². The topological polar surface area (TPSA) is 61.7 Å². The molecule has 0 radical (unpaired) electrons. The fraction of sp³-hybridized carbons (Fsp3) is 0.227. The summed E-state index contributed by atoms with van der Waals surface area (Å²) < 4.78 is 17.9. The average molecular weight is 380 g/mol. The number of carbonyl (C=O) groups is 1. The molecule has 0 saturated carbocycles. The molecule has 3 aromatic rings. The lowest BCUT2D eigenvalue weighted by atomic mass is 10.0. The first-order chi connectivity index (χ1) is 13.6. The van der Waals surface area contributed by atoms with Gasteiger partial charge in [0, 0.05) is 18.5 Å². The van der Waals surface area contributed by atoms with Crippen LogP contribution in [0.2, 0.25) is 0 Å². The van der Waals surface area contributed by atoms with E-state index in [1.54, 1.807) is 39.5 Å². The van der Waals surface area contributed by atoms with E-state index in [0.29, 0.717) is 17.2 Å². The van der Waals surface area contributed by atoms with Gasteiger partial charge in [-0.3, -0.25) is 4.79 Å². The molecule has 2 aromatic carbocycles. The number of anilines is 1. The molecule has 1 unspecified atom stereocenters. The summed E-state index contributed by atoms with van der Waals surface area (Å²) in [5.74, 6) is 1.85. The maximum absolute atomic E-state index is 12.8. The first-order valence-corrected chi connectivity index (χ1v) is 8.93. The van der Waals surface area contributed by atoms with Gasteiger partial charge in [-0.15, -0.1) is 0 Å². The van der Waals surface area contributed by atoms with Crippen LogP contribution in [0.15, 0.2) is 67.0 Å². The Balaban J connectivity index is 1.82. The number of nitrogens with zero attached hydrogens (tertiary/aromatic N) is 1. The third-order valence-electron chi connectivity index (χ3n) is 4.53. The van der Waals surface area contributed by atoms with Crippen LogP contribution in [0.4, 0.5) is 5.69 Å². The third-order valence-corrected chi connectivity index (χ3v) is 4.53. The van der Waals surface area contributed by atoms with Crippen molar-refractivity contribution < 1.29 is 19.0 Å². The van der Waals surface area contributed by atoms with Gasteiger partial charge in [0.2, 0.25) is 5.91 Å². The molecule has 0 fully saturated rings. The normalized spacial score (nSPS) is 11.5. The van der Waals surface area contributed by atoms with Crippen molar-refractivity contribution in [2.45, 2.75) is 12.5 Å². The Morgan fingerprint density at radius 1 is 0.929 bits per heavy atom. The minimum absolute atomic E-state index is 0.120. The Morgan fingerprint density at radius 3 is 2.32 bits per heavy atom. The van der Waals surface area contributed by atoms with Crippen molar-refractivity contribution in [3.63, 3.8) is 0 Å². The van der Waals surface area contributed by atoms with Gasteiger partial charge in [0.05, 0.1) is 39.5 Å². The summed E-state index contributed by atoms with van der Waals surface area (Å²) in [4.78, 5) is 12.8.